The molecule has 0 bridgehead atoms. The van der Waals surface area contributed by atoms with Crippen molar-refractivity contribution in [3.8, 4) is 5.75 Å². The maximum Gasteiger partial charge on any atom is 0.407 e. The number of benzene rings is 1. The zero-order chi connectivity index (χ0) is 16.2. The van der Waals surface area contributed by atoms with Gasteiger partial charge in [0, 0.05) is 0 Å². The van der Waals surface area contributed by atoms with Crippen LogP contribution in [0.5, 0.6) is 5.75 Å². The molecule has 0 saturated heterocycles. The molecule has 0 fully saturated rings. The summed E-state index contributed by atoms with van der Waals surface area (Å²) < 4.78 is 37.3. The Kier molecular flexibility index (Phi) is 5.95. The van der Waals surface area contributed by atoms with Crippen molar-refractivity contribution in [2.75, 3.05) is 6.61 Å². The quantitative estimate of drug-likeness (QED) is 0.819. The van der Waals surface area contributed by atoms with E-state index in [2.05, 4.69) is 21.2 Å². The van der Waals surface area contributed by atoms with E-state index in [-0.39, 0.29) is 12.4 Å². The molecule has 0 aliphatic heterocycles. The van der Waals surface area contributed by atoms with E-state index < -0.39 is 29.4 Å². The number of carbonyl (C=O) groups excluding carboxylic acids is 1. The van der Waals surface area contributed by atoms with Crippen LogP contribution in [0.25, 0.3) is 0 Å². The standard InChI is InChI=1S/C14H18BrF2NO3/c1-8(18-13(19)21-14(2,3)4)7-20-12-9(15)5-6-10(16)11(12)17/h5-6,8H,7H2,1-4H3,(H,18,19)/t8-/m0/s1. The van der Waals surface area contributed by atoms with Crippen molar-refractivity contribution in [1.29, 1.82) is 0 Å². The molecule has 118 valence electrons. The van der Waals surface area contributed by atoms with E-state index in [1.165, 1.54) is 6.07 Å². The zero-order valence-corrected chi connectivity index (χ0v) is 13.9. The molecule has 0 heterocycles. The second kappa shape index (κ2) is 7.06. The number of hydrogen-bond donors (Lipinski definition) is 1. The molecule has 1 rings (SSSR count). The molecule has 0 aromatic heterocycles. The first-order chi connectivity index (χ1) is 9.60. The van der Waals surface area contributed by atoms with Crippen LogP contribution in [0.1, 0.15) is 27.7 Å². The van der Waals surface area contributed by atoms with Crippen LogP contribution in [-0.2, 0) is 4.74 Å². The van der Waals surface area contributed by atoms with E-state index >= 15 is 0 Å². The molecule has 1 aromatic rings. The highest BCUT2D eigenvalue weighted by molar-refractivity contribution is 9.10. The van der Waals surface area contributed by atoms with Crippen LogP contribution < -0.4 is 10.1 Å². The molecule has 21 heavy (non-hydrogen) atoms. The van der Waals surface area contributed by atoms with E-state index in [0.29, 0.717) is 4.47 Å². The summed E-state index contributed by atoms with van der Waals surface area (Å²) in [5.41, 5.74) is -0.609. The minimum absolute atomic E-state index is 0.0295. The maximum atomic E-state index is 13.6. The summed E-state index contributed by atoms with van der Waals surface area (Å²) >= 11 is 3.08. The van der Waals surface area contributed by atoms with Gasteiger partial charge in [0.1, 0.15) is 12.2 Å². The smallest absolute Gasteiger partial charge is 0.407 e. The topological polar surface area (TPSA) is 47.6 Å². The Bertz CT molecular complexity index is 518. The lowest BCUT2D eigenvalue weighted by molar-refractivity contribution is 0.0493. The van der Waals surface area contributed by atoms with Crippen molar-refractivity contribution in [1.82, 2.24) is 5.32 Å². The summed E-state index contributed by atoms with van der Waals surface area (Å²) in [5.74, 6) is -2.30. The monoisotopic (exact) mass is 365 g/mol. The van der Waals surface area contributed by atoms with Crippen molar-refractivity contribution in [2.24, 2.45) is 0 Å². The molecule has 0 aliphatic rings. The minimum Gasteiger partial charge on any atom is -0.487 e. The summed E-state index contributed by atoms with van der Waals surface area (Å²) in [5, 5.41) is 2.54. The van der Waals surface area contributed by atoms with Gasteiger partial charge in [-0.15, -0.1) is 0 Å². The SMILES string of the molecule is C[C@@H](COc1c(Br)ccc(F)c1F)NC(=O)OC(C)(C)C. The van der Waals surface area contributed by atoms with Crippen LogP contribution in [0.3, 0.4) is 0 Å². The van der Waals surface area contributed by atoms with E-state index in [1.54, 1.807) is 27.7 Å². The maximum absolute atomic E-state index is 13.6. The molecular weight excluding hydrogens is 348 g/mol. The van der Waals surface area contributed by atoms with Crippen molar-refractivity contribution in [3.63, 3.8) is 0 Å². The van der Waals surface area contributed by atoms with Crippen LogP contribution in [-0.4, -0.2) is 24.3 Å². The number of nitrogens with one attached hydrogen (secondary N) is 1. The van der Waals surface area contributed by atoms with Crippen LogP contribution >= 0.6 is 15.9 Å². The van der Waals surface area contributed by atoms with Gasteiger partial charge in [-0.2, -0.15) is 4.39 Å². The van der Waals surface area contributed by atoms with Gasteiger partial charge in [0.2, 0.25) is 5.82 Å². The fourth-order valence-electron chi connectivity index (χ4n) is 1.40. The largest absolute Gasteiger partial charge is 0.487 e. The first-order valence-corrected chi connectivity index (χ1v) is 7.15. The summed E-state index contributed by atoms with van der Waals surface area (Å²) in [6, 6.07) is 1.91. The Morgan fingerprint density at radius 3 is 2.57 bits per heavy atom. The van der Waals surface area contributed by atoms with Crippen LogP contribution in [0.4, 0.5) is 13.6 Å². The second-order valence-corrected chi connectivity index (χ2v) is 6.38. The lowest BCUT2D eigenvalue weighted by Gasteiger charge is -2.22. The third-order valence-corrected chi connectivity index (χ3v) is 2.87. The first-order valence-electron chi connectivity index (χ1n) is 6.36. The molecule has 1 atom stereocenters. The third kappa shape index (κ3) is 5.87. The van der Waals surface area contributed by atoms with Gasteiger partial charge >= 0.3 is 6.09 Å². The Morgan fingerprint density at radius 2 is 2.00 bits per heavy atom. The Hall–Kier alpha value is -1.37. The van der Waals surface area contributed by atoms with E-state index in [4.69, 9.17) is 9.47 Å². The van der Waals surface area contributed by atoms with Crippen molar-refractivity contribution >= 4 is 22.0 Å². The number of alkyl carbamates (subject to hydrolysis) is 1. The van der Waals surface area contributed by atoms with Gasteiger partial charge in [-0.05, 0) is 55.8 Å². The highest BCUT2D eigenvalue weighted by atomic mass is 79.9. The number of ether oxygens (including phenoxy) is 2. The fourth-order valence-corrected chi connectivity index (χ4v) is 1.82. The predicted molar refractivity (Wildman–Crippen MR) is 78.4 cm³/mol. The highest BCUT2D eigenvalue weighted by Gasteiger charge is 2.19. The molecule has 0 spiro atoms. The van der Waals surface area contributed by atoms with Gasteiger partial charge in [0.05, 0.1) is 10.5 Å². The average Bonchev–Trinajstić information content (AvgIpc) is 2.31. The lowest BCUT2D eigenvalue weighted by Crippen LogP contribution is -2.40. The molecular formula is C14H18BrF2NO3. The van der Waals surface area contributed by atoms with Crippen LogP contribution in [0.15, 0.2) is 16.6 Å². The molecule has 4 nitrogen and oxygen atoms in total. The average molecular weight is 366 g/mol. The summed E-state index contributed by atoms with van der Waals surface area (Å²) in [7, 11) is 0. The van der Waals surface area contributed by atoms with Gasteiger partial charge in [0.15, 0.2) is 11.6 Å². The normalized spacial score (nSPS) is 12.7. The summed E-state index contributed by atoms with van der Waals surface area (Å²) in [6.07, 6.45) is -0.600. The van der Waals surface area contributed by atoms with Crippen molar-refractivity contribution in [2.45, 2.75) is 39.3 Å². The Morgan fingerprint density at radius 1 is 1.38 bits per heavy atom. The molecule has 0 radical (unpaired) electrons. The Labute approximate surface area is 130 Å². The zero-order valence-electron chi connectivity index (χ0n) is 12.3. The number of carbonyl (C=O) groups is 1. The Balaban J connectivity index is 2.56. The molecule has 1 N–H and O–H groups in total. The highest BCUT2D eigenvalue weighted by Crippen LogP contribution is 2.29. The second-order valence-electron chi connectivity index (χ2n) is 5.53. The van der Waals surface area contributed by atoms with Crippen molar-refractivity contribution < 1.29 is 23.0 Å². The molecule has 7 heteroatoms. The summed E-state index contributed by atoms with van der Waals surface area (Å²) in [4.78, 5) is 11.5. The minimum atomic E-state index is -1.08. The number of halogens is 3. The van der Waals surface area contributed by atoms with E-state index in [1.807, 2.05) is 0 Å². The molecule has 1 amide bonds. The molecule has 0 aliphatic carbocycles. The van der Waals surface area contributed by atoms with Gasteiger partial charge in [-0.3, -0.25) is 0 Å². The van der Waals surface area contributed by atoms with E-state index in [9.17, 15) is 13.6 Å². The third-order valence-electron chi connectivity index (χ3n) is 2.24. The number of rotatable bonds is 4. The molecule has 1 aromatic carbocycles. The van der Waals surface area contributed by atoms with Gasteiger partial charge in [0.25, 0.3) is 0 Å². The molecule has 0 saturated carbocycles. The lowest BCUT2D eigenvalue weighted by atomic mass is 10.2. The van der Waals surface area contributed by atoms with Gasteiger partial charge in [-0.1, -0.05) is 0 Å². The van der Waals surface area contributed by atoms with Gasteiger partial charge < -0.3 is 14.8 Å². The van der Waals surface area contributed by atoms with Gasteiger partial charge in [-0.25, -0.2) is 9.18 Å². The van der Waals surface area contributed by atoms with Crippen LogP contribution in [0, 0.1) is 11.6 Å². The molecule has 0 unspecified atom stereocenters. The first kappa shape index (κ1) is 17.7. The summed E-state index contributed by atoms with van der Waals surface area (Å²) in [6.45, 7) is 6.86. The number of amides is 1. The van der Waals surface area contributed by atoms with Crippen molar-refractivity contribution in [3.05, 3.63) is 28.2 Å². The van der Waals surface area contributed by atoms with E-state index in [0.717, 1.165) is 6.07 Å². The predicted octanol–water partition coefficient (Wildman–Crippen LogP) is 4.02. The van der Waals surface area contributed by atoms with Crippen LogP contribution in [0.2, 0.25) is 0 Å². The number of hydrogen-bond acceptors (Lipinski definition) is 3. The fraction of sp³-hybridized carbons (Fsp3) is 0.500.